The second kappa shape index (κ2) is 9.61. The highest BCUT2D eigenvalue weighted by Gasteiger charge is 2.73. The Labute approximate surface area is 230 Å². The predicted molar refractivity (Wildman–Crippen MR) is 147 cm³/mol. The number of Topliss-reactive ketones (excluding diaryl/α,β-unsaturated/α-hetero) is 4. The number of benzene rings is 1. The predicted octanol–water partition coefficient (Wildman–Crippen LogP) is 4.38. The first-order valence-electron chi connectivity index (χ1n) is 13.5. The third-order valence-corrected chi connectivity index (χ3v) is 9.15. The molecule has 2 N–H and O–H groups in total. The van der Waals surface area contributed by atoms with Crippen LogP contribution in [-0.4, -0.2) is 38.9 Å². The van der Waals surface area contributed by atoms with Crippen LogP contribution in [0.1, 0.15) is 88.7 Å². The highest BCUT2D eigenvalue weighted by molar-refractivity contribution is 6.27. The Hall–Kier alpha value is -3.48. The number of aromatic hydroxyl groups is 1. The minimum absolute atomic E-state index is 0.00985. The molecule has 1 aromatic carbocycles. The van der Waals surface area contributed by atoms with Crippen molar-refractivity contribution in [3.05, 3.63) is 40.0 Å². The topological polar surface area (TPSA) is 109 Å². The summed E-state index contributed by atoms with van der Waals surface area (Å²) in [4.78, 5) is 54.8. The van der Waals surface area contributed by atoms with Gasteiger partial charge in [0.1, 0.15) is 17.5 Å². The maximum atomic E-state index is 14.3. The van der Waals surface area contributed by atoms with E-state index in [0.29, 0.717) is 35.1 Å². The molecule has 4 rings (SSSR count). The molecule has 0 saturated heterocycles. The molecule has 0 aromatic heterocycles. The van der Waals surface area contributed by atoms with Gasteiger partial charge in [0.15, 0.2) is 23.0 Å². The minimum atomic E-state index is -2.54. The normalized spacial score (nSPS) is 31.6. The van der Waals surface area contributed by atoms with Gasteiger partial charge in [0.2, 0.25) is 0 Å². The number of terminal acetylenes is 1. The first kappa shape index (κ1) is 28.5. The van der Waals surface area contributed by atoms with Crippen LogP contribution in [0.2, 0.25) is 0 Å². The molecule has 2 unspecified atom stereocenters. The zero-order chi connectivity index (χ0) is 29.1. The lowest BCUT2D eigenvalue weighted by atomic mass is 9.41. The van der Waals surface area contributed by atoms with Gasteiger partial charge in [-0.15, -0.1) is 12.3 Å². The quantitative estimate of drug-likeness (QED) is 0.260. The van der Waals surface area contributed by atoms with Crippen LogP contribution < -0.4 is 0 Å². The number of hydrogen-bond donors (Lipinski definition) is 2. The van der Waals surface area contributed by atoms with Crippen LogP contribution in [-0.2, 0) is 20.8 Å². The zero-order valence-electron chi connectivity index (χ0n) is 23.5. The first-order valence-corrected chi connectivity index (χ1v) is 13.5. The summed E-state index contributed by atoms with van der Waals surface area (Å²) in [5, 5.41) is 22.9. The number of phenolic OH excluding ortho intramolecular Hbond substituents is 1. The molecule has 6 nitrogen and oxygen atoms in total. The fourth-order valence-corrected chi connectivity index (χ4v) is 7.89. The summed E-state index contributed by atoms with van der Waals surface area (Å²) < 4.78 is 0. The van der Waals surface area contributed by atoms with Gasteiger partial charge in [0.25, 0.3) is 0 Å². The monoisotopic (exact) mass is 528 g/mol. The first-order chi connectivity index (χ1) is 18.2. The van der Waals surface area contributed by atoms with Crippen LogP contribution in [0.25, 0.3) is 0 Å². The van der Waals surface area contributed by atoms with Crippen molar-refractivity contribution in [3.8, 4) is 29.9 Å². The molecular formula is C33H36O6. The molecule has 0 bridgehead atoms. The lowest BCUT2D eigenvalue weighted by molar-refractivity contribution is -0.183. The number of aliphatic hydroxyl groups is 1. The van der Waals surface area contributed by atoms with Crippen molar-refractivity contribution in [2.75, 3.05) is 0 Å². The molecule has 1 fully saturated rings. The van der Waals surface area contributed by atoms with Crippen LogP contribution in [0.15, 0.2) is 23.3 Å². The van der Waals surface area contributed by atoms with Crippen molar-refractivity contribution in [1.29, 1.82) is 0 Å². The van der Waals surface area contributed by atoms with Crippen molar-refractivity contribution < 1.29 is 29.4 Å². The van der Waals surface area contributed by atoms with E-state index in [4.69, 9.17) is 6.42 Å². The van der Waals surface area contributed by atoms with Gasteiger partial charge < -0.3 is 10.2 Å². The highest BCUT2D eigenvalue weighted by Crippen LogP contribution is 2.64. The van der Waals surface area contributed by atoms with Crippen LogP contribution in [0.5, 0.6) is 5.75 Å². The van der Waals surface area contributed by atoms with E-state index in [2.05, 4.69) is 17.8 Å². The standard InChI is InChI=1S/C33H36O6/c1-8-9-10-11-12-13-21-14-15-23(35)25-22(21)16-31(6)17-32(7)26(18(2)3)19(4)24(20(5)34)29(37)33(32,39)30(38)27(31)28(25)36/h1,14-15,18,24,27,35,39H,9-11,16-17H2,2-7H3/t24?,27?,31-,32-,33+/m0/s1. The number of ketones is 4. The van der Waals surface area contributed by atoms with E-state index in [1.165, 1.54) is 13.0 Å². The highest BCUT2D eigenvalue weighted by atomic mass is 16.3. The van der Waals surface area contributed by atoms with Crippen molar-refractivity contribution >= 4 is 23.1 Å². The van der Waals surface area contributed by atoms with E-state index in [9.17, 15) is 29.4 Å². The van der Waals surface area contributed by atoms with Gasteiger partial charge in [-0.25, -0.2) is 0 Å². The second-order valence-electron chi connectivity index (χ2n) is 12.2. The smallest absolute Gasteiger partial charge is 0.192 e. The number of phenols is 1. The Balaban J connectivity index is 1.92. The molecule has 0 heterocycles. The van der Waals surface area contributed by atoms with E-state index >= 15 is 0 Å². The van der Waals surface area contributed by atoms with E-state index in [-0.39, 0.29) is 30.1 Å². The van der Waals surface area contributed by atoms with Gasteiger partial charge >= 0.3 is 0 Å². The van der Waals surface area contributed by atoms with Gasteiger partial charge in [0.05, 0.1) is 11.5 Å². The fraction of sp³-hybridized carbons (Fsp3) is 0.515. The Kier molecular flexibility index (Phi) is 7.03. The molecule has 1 saturated carbocycles. The molecule has 6 heteroatoms. The molecule has 39 heavy (non-hydrogen) atoms. The van der Waals surface area contributed by atoms with Crippen molar-refractivity contribution in [2.24, 2.45) is 28.6 Å². The summed E-state index contributed by atoms with van der Waals surface area (Å²) in [6.07, 6.45) is 7.68. The molecule has 0 radical (unpaired) electrons. The van der Waals surface area contributed by atoms with Gasteiger partial charge in [-0.1, -0.05) is 50.7 Å². The molecule has 3 aliphatic rings. The third kappa shape index (κ3) is 3.92. The maximum absolute atomic E-state index is 14.3. The Morgan fingerprint density at radius 1 is 1.15 bits per heavy atom. The number of unbranched alkanes of at least 4 members (excludes halogenated alkanes) is 2. The molecule has 1 aromatic rings. The van der Waals surface area contributed by atoms with Crippen LogP contribution in [0.3, 0.4) is 0 Å². The number of carbonyl (C=O) groups excluding carboxylic acids is 4. The van der Waals surface area contributed by atoms with Gasteiger partial charge in [-0.05, 0) is 62.1 Å². The van der Waals surface area contributed by atoms with Crippen LogP contribution >= 0.6 is 0 Å². The van der Waals surface area contributed by atoms with Gasteiger partial charge in [-0.3, -0.25) is 19.2 Å². The van der Waals surface area contributed by atoms with E-state index in [1.54, 1.807) is 19.9 Å². The Bertz CT molecular complexity index is 1440. The third-order valence-electron chi connectivity index (χ3n) is 9.15. The van der Waals surface area contributed by atoms with Crippen molar-refractivity contribution in [2.45, 2.75) is 79.2 Å². The molecule has 5 atom stereocenters. The summed E-state index contributed by atoms with van der Waals surface area (Å²) in [6.45, 7) is 10.4. The maximum Gasteiger partial charge on any atom is 0.192 e. The van der Waals surface area contributed by atoms with E-state index in [1.807, 2.05) is 20.8 Å². The van der Waals surface area contributed by atoms with E-state index < -0.39 is 51.4 Å². The Morgan fingerprint density at radius 3 is 2.41 bits per heavy atom. The fourth-order valence-electron chi connectivity index (χ4n) is 7.89. The lowest BCUT2D eigenvalue weighted by Crippen LogP contribution is -2.73. The van der Waals surface area contributed by atoms with Crippen molar-refractivity contribution in [1.82, 2.24) is 0 Å². The summed E-state index contributed by atoms with van der Waals surface area (Å²) in [6, 6.07) is 3.06. The largest absolute Gasteiger partial charge is 0.507 e. The lowest BCUT2D eigenvalue weighted by Gasteiger charge is -2.60. The number of hydrogen-bond acceptors (Lipinski definition) is 6. The second-order valence-corrected chi connectivity index (χ2v) is 12.2. The minimum Gasteiger partial charge on any atom is -0.507 e. The number of allylic oxidation sites excluding steroid dienone is 1. The van der Waals surface area contributed by atoms with Crippen molar-refractivity contribution in [3.63, 3.8) is 0 Å². The SMILES string of the molecule is C#CCCCC#Cc1ccc(O)c2c1C[C@@]1(C)C[C@@]3(C)C(C(C)C)=C(C)C(C(C)=O)C(=O)[C@@]3(O)C(=O)C1C2=O. The average Bonchev–Trinajstić information content (AvgIpc) is 2.82. The van der Waals surface area contributed by atoms with Crippen LogP contribution in [0, 0.1) is 52.8 Å². The number of fused-ring (bicyclic) bond motifs is 3. The summed E-state index contributed by atoms with van der Waals surface area (Å²) in [5.74, 6) is 2.94. The molecule has 0 aliphatic heterocycles. The summed E-state index contributed by atoms with van der Waals surface area (Å²) >= 11 is 0. The number of carbonyl (C=O) groups is 4. The summed E-state index contributed by atoms with van der Waals surface area (Å²) in [5.41, 5.74) is -2.35. The molecule has 0 spiro atoms. The average molecular weight is 529 g/mol. The van der Waals surface area contributed by atoms with Gasteiger partial charge in [0, 0.05) is 23.8 Å². The van der Waals surface area contributed by atoms with Gasteiger partial charge in [-0.2, -0.15) is 0 Å². The molecule has 204 valence electrons. The Morgan fingerprint density at radius 2 is 1.82 bits per heavy atom. The summed E-state index contributed by atoms with van der Waals surface area (Å²) in [7, 11) is 0. The molecule has 0 amide bonds. The van der Waals surface area contributed by atoms with Crippen LogP contribution in [0.4, 0.5) is 0 Å². The molecular weight excluding hydrogens is 492 g/mol. The van der Waals surface area contributed by atoms with E-state index in [0.717, 1.165) is 6.42 Å². The number of rotatable bonds is 4. The molecule has 3 aliphatic carbocycles. The zero-order valence-corrected chi connectivity index (χ0v) is 23.5.